The summed E-state index contributed by atoms with van der Waals surface area (Å²) in [5.41, 5.74) is 4.04. The second-order valence-electron chi connectivity index (χ2n) is 8.64. The van der Waals surface area contributed by atoms with Gasteiger partial charge >= 0.3 is 0 Å². The summed E-state index contributed by atoms with van der Waals surface area (Å²) in [5.74, 6) is -0.419. The van der Waals surface area contributed by atoms with E-state index in [1.807, 2.05) is 43.3 Å². The highest BCUT2D eigenvalue weighted by atomic mass is 16.2. The number of hydrogen-bond acceptors (Lipinski definition) is 4. The van der Waals surface area contributed by atoms with Gasteiger partial charge in [-0.2, -0.15) is 0 Å². The van der Waals surface area contributed by atoms with Crippen LogP contribution in [0.3, 0.4) is 0 Å². The summed E-state index contributed by atoms with van der Waals surface area (Å²) in [5, 5.41) is 2.99. The van der Waals surface area contributed by atoms with E-state index in [9.17, 15) is 9.59 Å². The molecule has 164 valence electrons. The van der Waals surface area contributed by atoms with Gasteiger partial charge in [0, 0.05) is 57.1 Å². The number of benzene rings is 2. The SMILES string of the molecule is CCN1CCN(Cc2ccc(NC(=O)C3CC(=O)N(c4ccc(C)cc4)C3)cc2)CC1. The standard InChI is InChI=1S/C25H32N4O2/c1-3-27-12-14-28(15-13-27)17-20-6-8-22(9-7-20)26-25(31)21-16-24(30)29(18-21)23-10-4-19(2)5-11-23/h4-11,21H,3,12-18H2,1-2H3,(H,26,31). The van der Waals surface area contributed by atoms with Crippen molar-refractivity contribution in [3.8, 4) is 0 Å². The zero-order chi connectivity index (χ0) is 21.8. The van der Waals surface area contributed by atoms with Gasteiger partial charge in [0.05, 0.1) is 5.92 Å². The molecule has 0 radical (unpaired) electrons. The maximum Gasteiger partial charge on any atom is 0.229 e. The second kappa shape index (κ2) is 9.62. The van der Waals surface area contributed by atoms with Crippen molar-refractivity contribution in [2.24, 2.45) is 5.92 Å². The number of aryl methyl sites for hydroxylation is 1. The third-order valence-corrected chi connectivity index (χ3v) is 6.38. The molecule has 0 aliphatic carbocycles. The number of piperazine rings is 1. The number of hydrogen-bond donors (Lipinski definition) is 1. The molecule has 6 heteroatoms. The highest BCUT2D eigenvalue weighted by Gasteiger charge is 2.35. The molecule has 2 aromatic rings. The molecule has 2 aliphatic heterocycles. The fourth-order valence-corrected chi connectivity index (χ4v) is 4.32. The number of likely N-dealkylation sites (N-methyl/N-ethyl adjacent to an activating group) is 1. The molecule has 0 aromatic heterocycles. The van der Waals surface area contributed by atoms with Crippen LogP contribution in [-0.2, 0) is 16.1 Å². The molecule has 2 aliphatic rings. The van der Waals surface area contributed by atoms with Gasteiger partial charge in [-0.25, -0.2) is 0 Å². The minimum absolute atomic E-state index is 0.00233. The summed E-state index contributed by atoms with van der Waals surface area (Å²) in [4.78, 5) is 31.9. The quantitative estimate of drug-likeness (QED) is 0.780. The summed E-state index contributed by atoms with van der Waals surface area (Å²) in [6.07, 6.45) is 0.252. The van der Waals surface area contributed by atoms with Gasteiger partial charge in [-0.05, 0) is 43.3 Å². The highest BCUT2D eigenvalue weighted by Crippen LogP contribution is 2.26. The van der Waals surface area contributed by atoms with E-state index >= 15 is 0 Å². The van der Waals surface area contributed by atoms with E-state index in [0.717, 1.165) is 56.2 Å². The van der Waals surface area contributed by atoms with Gasteiger partial charge in [0.15, 0.2) is 0 Å². The first-order valence-corrected chi connectivity index (χ1v) is 11.2. The third-order valence-electron chi connectivity index (χ3n) is 6.38. The van der Waals surface area contributed by atoms with Crippen LogP contribution in [0, 0.1) is 12.8 Å². The van der Waals surface area contributed by atoms with Gasteiger partial charge in [-0.1, -0.05) is 36.8 Å². The molecule has 0 spiro atoms. The summed E-state index contributed by atoms with van der Waals surface area (Å²) in [6.45, 7) is 11.2. The predicted molar refractivity (Wildman–Crippen MR) is 124 cm³/mol. The van der Waals surface area contributed by atoms with Crippen LogP contribution >= 0.6 is 0 Å². The van der Waals surface area contributed by atoms with Crippen LogP contribution in [0.15, 0.2) is 48.5 Å². The number of nitrogens with zero attached hydrogens (tertiary/aromatic N) is 3. The molecule has 2 heterocycles. The van der Waals surface area contributed by atoms with Crippen molar-refractivity contribution in [3.63, 3.8) is 0 Å². The van der Waals surface area contributed by atoms with E-state index in [1.165, 1.54) is 5.56 Å². The van der Waals surface area contributed by atoms with Crippen molar-refractivity contribution in [2.75, 3.05) is 49.5 Å². The molecule has 2 aromatic carbocycles. The maximum absolute atomic E-state index is 12.7. The van der Waals surface area contributed by atoms with E-state index in [1.54, 1.807) is 4.90 Å². The van der Waals surface area contributed by atoms with Crippen molar-refractivity contribution in [3.05, 3.63) is 59.7 Å². The molecule has 0 bridgehead atoms. The average molecular weight is 421 g/mol. The van der Waals surface area contributed by atoms with Crippen molar-refractivity contribution >= 4 is 23.2 Å². The molecule has 6 nitrogen and oxygen atoms in total. The first-order chi connectivity index (χ1) is 15.0. The Morgan fingerprint density at radius 3 is 2.26 bits per heavy atom. The molecule has 4 rings (SSSR count). The van der Waals surface area contributed by atoms with Crippen molar-refractivity contribution in [1.82, 2.24) is 9.80 Å². The lowest BCUT2D eigenvalue weighted by Gasteiger charge is -2.34. The summed E-state index contributed by atoms with van der Waals surface area (Å²) >= 11 is 0. The number of amides is 2. The molecule has 0 saturated carbocycles. The van der Waals surface area contributed by atoms with Crippen molar-refractivity contribution in [1.29, 1.82) is 0 Å². The van der Waals surface area contributed by atoms with Gasteiger partial charge < -0.3 is 15.1 Å². The Morgan fingerprint density at radius 1 is 0.968 bits per heavy atom. The molecule has 31 heavy (non-hydrogen) atoms. The Hall–Kier alpha value is -2.70. The smallest absolute Gasteiger partial charge is 0.229 e. The number of rotatable bonds is 6. The molecule has 2 fully saturated rings. The number of carbonyl (C=O) groups excluding carboxylic acids is 2. The Morgan fingerprint density at radius 2 is 1.61 bits per heavy atom. The zero-order valence-corrected chi connectivity index (χ0v) is 18.5. The minimum atomic E-state index is -0.330. The van der Waals surface area contributed by atoms with Crippen LogP contribution in [0.25, 0.3) is 0 Å². The van der Waals surface area contributed by atoms with Crippen LogP contribution in [0.2, 0.25) is 0 Å². The number of anilines is 2. The summed E-state index contributed by atoms with van der Waals surface area (Å²) < 4.78 is 0. The normalized spacial score (nSPS) is 20.3. The van der Waals surface area contributed by atoms with Crippen LogP contribution in [0.1, 0.15) is 24.5 Å². The van der Waals surface area contributed by atoms with Crippen molar-refractivity contribution < 1.29 is 9.59 Å². The fourth-order valence-electron chi connectivity index (χ4n) is 4.32. The zero-order valence-electron chi connectivity index (χ0n) is 18.5. The highest BCUT2D eigenvalue weighted by molar-refractivity contribution is 6.03. The molecular formula is C25H32N4O2. The minimum Gasteiger partial charge on any atom is -0.326 e. The lowest BCUT2D eigenvalue weighted by atomic mass is 10.1. The van der Waals surface area contributed by atoms with Crippen LogP contribution in [-0.4, -0.2) is 60.9 Å². The number of carbonyl (C=O) groups is 2. The average Bonchev–Trinajstić information content (AvgIpc) is 3.18. The fraction of sp³-hybridized carbons (Fsp3) is 0.440. The van der Waals surface area contributed by atoms with Gasteiger partial charge in [0.1, 0.15) is 0 Å². The molecule has 2 saturated heterocycles. The van der Waals surface area contributed by atoms with E-state index in [2.05, 4.69) is 34.2 Å². The predicted octanol–water partition coefficient (Wildman–Crippen LogP) is 3.12. The largest absolute Gasteiger partial charge is 0.326 e. The first kappa shape index (κ1) is 21.5. The first-order valence-electron chi connectivity index (χ1n) is 11.2. The Bertz CT molecular complexity index is 902. The van der Waals surface area contributed by atoms with E-state index in [4.69, 9.17) is 0 Å². The van der Waals surface area contributed by atoms with E-state index < -0.39 is 0 Å². The second-order valence-corrected chi connectivity index (χ2v) is 8.64. The molecule has 1 N–H and O–H groups in total. The Kier molecular flexibility index (Phi) is 6.68. The van der Waals surface area contributed by atoms with Crippen LogP contribution in [0.5, 0.6) is 0 Å². The van der Waals surface area contributed by atoms with Gasteiger partial charge in [0.2, 0.25) is 11.8 Å². The van der Waals surface area contributed by atoms with Crippen LogP contribution in [0.4, 0.5) is 11.4 Å². The molecule has 1 atom stereocenters. The van der Waals surface area contributed by atoms with Crippen LogP contribution < -0.4 is 10.2 Å². The Balaban J connectivity index is 1.29. The lowest BCUT2D eigenvalue weighted by molar-refractivity contribution is -0.122. The van der Waals surface area contributed by atoms with Gasteiger partial charge in [-0.3, -0.25) is 14.5 Å². The number of nitrogens with one attached hydrogen (secondary N) is 1. The molecule has 1 unspecified atom stereocenters. The third kappa shape index (κ3) is 5.32. The van der Waals surface area contributed by atoms with Gasteiger partial charge in [0.25, 0.3) is 0 Å². The monoisotopic (exact) mass is 420 g/mol. The summed E-state index contributed by atoms with van der Waals surface area (Å²) in [6, 6.07) is 15.9. The van der Waals surface area contributed by atoms with Crippen molar-refractivity contribution in [2.45, 2.75) is 26.8 Å². The molecular weight excluding hydrogens is 388 g/mol. The Labute approximate surface area is 184 Å². The topological polar surface area (TPSA) is 55.9 Å². The molecule has 2 amide bonds. The van der Waals surface area contributed by atoms with E-state index in [0.29, 0.717) is 6.54 Å². The maximum atomic E-state index is 12.7. The van der Waals surface area contributed by atoms with E-state index in [-0.39, 0.29) is 24.2 Å². The van der Waals surface area contributed by atoms with Gasteiger partial charge in [-0.15, -0.1) is 0 Å². The lowest BCUT2D eigenvalue weighted by Crippen LogP contribution is -2.45. The summed E-state index contributed by atoms with van der Waals surface area (Å²) in [7, 11) is 0.